The average Bonchev–Trinajstić information content (AvgIpc) is 2.06. The number of methoxy groups -OCH3 is 1. The van der Waals surface area contributed by atoms with Crippen LogP contribution in [0.4, 0.5) is 0 Å². The second-order valence-electron chi connectivity index (χ2n) is 1.90. The van der Waals surface area contributed by atoms with Gasteiger partial charge in [-0.3, -0.25) is 0 Å². The summed E-state index contributed by atoms with van der Waals surface area (Å²) < 4.78 is 4.94. The van der Waals surface area contributed by atoms with Crippen LogP contribution in [0.3, 0.4) is 0 Å². The van der Waals surface area contributed by atoms with Crippen LogP contribution in [-0.2, 0) is 0 Å². The van der Waals surface area contributed by atoms with Crippen LogP contribution in [0.25, 0.3) is 5.01 Å². The lowest BCUT2D eigenvalue weighted by atomic mass is 10.2. The van der Waals surface area contributed by atoms with Gasteiger partial charge in [-0.2, -0.15) is 0 Å². The van der Waals surface area contributed by atoms with Crippen LogP contribution >= 0.6 is 0 Å². The average molecular weight is 149 g/mol. The molecule has 0 unspecified atom stereocenters. The molecule has 3 nitrogen and oxygen atoms in total. The molecule has 0 aliphatic heterocycles. The van der Waals surface area contributed by atoms with Crippen molar-refractivity contribution in [3.05, 3.63) is 40.0 Å². The molecule has 0 fully saturated rings. The van der Waals surface area contributed by atoms with Crippen molar-refractivity contribution in [2.24, 2.45) is 0 Å². The first-order valence-corrected chi connectivity index (χ1v) is 3.10. The number of nitrogens with zero attached hydrogens (tertiary/aromatic N) is 1. The molecule has 0 saturated heterocycles. The Bertz CT molecular complexity index is 298. The van der Waals surface area contributed by atoms with Gasteiger partial charge in [-0.1, -0.05) is 12.1 Å². The molecular weight excluding hydrogens is 142 g/mol. The zero-order valence-electron chi connectivity index (χ0n) is 6.07. The fourth-order valence-corrected chi connectivity index (χ4v) is 0.786. The van der Waals surface area contributed by atoms with Gasteiger partial charge in [-0.05, 0) is 12.1 Å². The lowest BCUT2D eigenvalue weighted by molar-refractivity contribution is 0.413. The van der Waals surface area contributed by atoms with Crippen LogP contribution in [-0.4, -0.2) is 7.11 Å². The van der Waals surface area contributed by atoms with Crippen LogP contribution in [0, 0.1) is 11.3 Å². The predicted octanol–water partition coefficient (Wildman–Crippen LogP) is 1.87. The first-order chi connectivity index (χ1) is 5.38. The minimum Gasteiger partial charge on any atom is -0.498 e. The molecule has 1 rings (SSSR count). The molecule has 0 aliphatic carbocycles. The van der Waals surface area contributed by atoms with Crippen molar-refractivity contribution in [1.29, 1.82) is 0 Å². The lowest BCUT2D eigenvalue weighted by Gasteiger charge is -1.97. The highest BCUT2D eigenvalue weighted by Crippen LogP contribution is 2.15. The van der Waals surface area contributed by atoms with Crippen LogP contribution in [0.1, 0.15) is 5.56 Å². The highest BCUT2D eigenvalue weighted by Gasteiger charge is 2.01. The summed E-state index contributed by atoms with van der Waals surface area (Å²) in [5.41, 5.74) is 0.574. The first-order valence-electron chi connectivity index (χ1n) is 3.10. The smallest absolute Gasteiger partial charge is 0.340 e. The molecule has 0 bridgehead atoms. The predicted molar refractivity (Wildman–Crippen MR) is 42.7 cm³/mol. The quantitative estimate of drug-likeness (QED) is 0.571. The zero-order valence-corrected chi connectivity index (χ0v) is 6.07. The van der Waals surface area contributed by atoms with Crippen molar-refractivity contribution in [2.75, 3.05) is 7.11 Å². The van der Waals surface area contributed by atoms with Crippen LogP contribution in [0.2, 0.25) is 0 Å². The van der Waals surface area contributed by atoms with E-state index >= 15 is 0 Å². The highest BCUT2D eigenvalue weighted by atomic mass is 16.5. The van der Waals surface area contributed by atoms with Crippen molar-refractivity contribution in [3.8, 4) is 11.8 Å². The van der Waals surface area contributed by atoms with E-state index in [0.29, 0.717) is 11.3 Å². The summed E-state index contributed by atoms with van der Waals surface area (Å²) in [6, 6.07) is 9.33. The maximum absolute atomic E-state index is 9.83. The summed E-state index contributed by atoms with van der Waals surface area (Å²) in [5, 5.41) is 12.4. The Morgan fingerprint density at radius 3 is 2.82 bits per heavy atom. The molecule has 0 radical (unpaired) electrons. The van der Waals surface area contributed by atoms with E-state index in [1.54, 1.807) is 18.2 Å². The van der Waals surface area contributed by atoms with Gasteiger partial charge in [0.05, 0.1) is 7.11 Å². The van der Waals surface area contributed by atoms with E-state index in [1.165, 1.54) is 7.11 Å². The molecule has 0 spiro atoms. The molecule has 11 heavy (non-hydrogen) atoms. The number of rotatable bonds is 1. The van der Waals surface area contributed by atoms with E-state index in [2.05, 4.69) is 11.1 Å². The normalized spacial score (nSPS) is 8.09. The van der Waals surface area contributed by atoms with Gasteiger partial charge in [-0.25, -0.2) is 0 Å². The number of para-hydroxylation sites is 1. The summed E-state index contributed by atoms with van der Waals surface area (Å²) in [6.07, 6.45) is 0. The van der Waals surface area contributed by atoms with E-state index in [4.69, 9.17) is 4.74 Å². The zero-order chi connectivity index (χ0) is 8.10. The number of hydrogen-bond acceptors (Lipinski definition) is 2. The minimum atomic E-state index is 0.574. The molecule has 0 N–H and O–H groups in total. The summed E-state index contributed by atoms with van der Waals surface area (Å²) in [4.78, 5) is 0. The Hall–Kier alpha value is -1.69. The van der Waals surface area contributed by atoms with E-state index in [0.717, 1.165) is 0 Å². The molecular formula is C8H7NO2. The lowest BCUT2D eigenvalue weighted by Crippen LogP contribution is -1.85. The summed E-state index contributed by atoms with van der Waals surface area (Å²) >= 11 is 0. The molecule has 0 amide bonds. The molecule has 1 aromatic carbocycles. The van der Waals surface area contributed by atoms with E-state index in [1.807, 2.05) is 6.07 Å². The van der Waals surface area contributed by atoms with Gasteiger partial charge in [0.25, 0.3) is 0 Å². The maximum atomic E-state index is 9.83. The van der Waals surface area contributed by atoms with E-state index in [-0.39, 0.29) is 0 Å². The van der Waals surface area contributed by atoms with Crippen molar-refractivity contribution < 1.29 is 4.74 Å². The molecule has 0 saturated carbocycles. The summed E-state index contributed by atoms with van der Waals surface area (Å²) in [5.74, 6) is 0.604. The summed E-state index contributed by atoms with van der Waals surface area (Å²) in [7, 11) is 1.53. The van der Waals surface area contributed by atoms with Crippen molar-refractivity contribution >= 4 is 0 Å². The van der Waals surface area contributed by atoms with Crippen molar-refractivity contribution in [3.63, 3.8) is 0 Å². The van der Waals surface area contributed by atoms with E-state index < -0.39 is 0 Å². The second-order valence-corrected chi connectivity index (χ2v) is 1.90. The molecule has 0 aliphatic rings. The van der Waals surface area contributed by atoms with Gasteiger partial charge in [0.15, 0.2) is 0 Å². The Labute approximate surface area is 64.6 Å². The highest BCUT2D eigenvalue weighted by molar-refractivity contribution is 5.44. The third-order valence-corrected chi connectivity index (χ3v) is 1.27. The molecule has 0 aromatic heterocycles. The Balaban J connectivity index is 3.09. The fourth-order valence-electron chi connectivity index (χ4n) is 0.786. The number of benzene rings is 1. The van der Waals surface area contributed by atoms with Gasteiger partial charge >= 0.3 is 6.07 Å². The Morgan fingerprint density at radius 2 is 2.18 bits per heavy atom. The first kappa shape index (κ1) is 7.42. The fraction of sp³-hybridized carbons (Fsp3) is 0.125. The van der Waals surface area contributed by atoms with Gasteiger partial charge in [0.1, 0.15) is 11.3 Å². The molecule has 56 valence electrons. The molecule has 3 heteroatoms. The van der Waals surface area contributed by atoms with Crippen LogP contribution < -0.4 is 4.74 Å². The van der Waals surface area contributed by atoms with E-state index in [9.17, 15) is 5.21 Å². The maximum Gasteiger partial charge on any atom is 0.340 e. The van der Waals surface area contributed by atoms with Crippen molar-refractivity contribution in [1.82, 2.24) is 0 Å². The van der Waals surface area contributed by atoms with Crippen molar-refractivity contribution in [2.45, 2.75) is 0 Å². The molecule has 0 atom stereocenters. The molecule has 1 aromatic rings. The third kappa shape index (κ3) is 1.62. The van der Waals surface area contributed by atoms with Gasteiger partial charge in [0.2, 0.25) is 0 Å². The SMILES string of the molecule is COc1ccccc1C#[N+][O-]. The largest absolute Gasteiger partial charge is 0.498 e. The Morgan fingerprint density at radius 1 is 1.45 bits per heavy atom. The second kappa shape index (κ2) is 3.47. The van der Waals surface area contributed by atoms with Gasteiger partial charge in [0, 0.05) is 5.01 Å². The Kier molecular flexibility index (Phi) is 2.34. The van der Waals surface area contributed by atoms with Crippen LogP contribution in [0.5, 0.6) is 5.75 Å². The minimum absolute atomic E-state index is 0.574. The van der Waals surface area contributed by atoms with Gasteiger partial charge < -0.3 is 9.94 Å². The number of hydrogen-bond donors (Lipinski definition) is 0. The standard InChI is InChI=1S/C8H7NO2/c1-11-8-5-3-2-4-7(8)6-9-10/h2-5H,1H3. The number of ether oxygens (including phenoxy) is 1. The topological polar surface area (TPSA) is 36.6 Å². The molecule has 0 heterocycles. The van der Waals surface area contributed by atoms with Gasteiger partial charge in [-0.15, -0.1) is 0 Å². The summed E-state index contributed by atoms with van der Waals surface area (Å²) in [6.45, 7) is 0. The van der Waals surface area contributed by atoms with Crippen LogP contribution in [0.15, 0.2) is 24.3 Å². The monoisotopic (exact) mass is 149 g/mol. The third-order valence-electron chi connectivity index (χ3n) is 1.27.